The molecular weight excluding hydrogens is 271 g/mol. The molecule has 2 aromatic carbocycles. The molecule has 0 aromatic heterocycles. The highest BCUT2D eigenvalue weighted by atomic mass is 35.7. The van der Waals surface area contributed by atoms with Crippen molar-refractivity contribution in [2.45, 2.75) is 0 Å². The second-order valence-corrected chi connectivity index (χ2v) is 9.95. The van der Waals surface area contributed by atoms with Crippen LogP contribution in [0.3, 0.4) is 0 Å². The minimum atomic E-state index is -2.60. The molecular formula is C13H12Cl2OSi. The number of methoxy groups -OCH3 is 1. The summed E-state index contributed by atoms with van der Waals surface area (Å²) in [5, 5.41) is 1.96. The Morgan fingerprint density at radius 3 is 1.88 bits per heavy atom. The minimum absolute atomic E-state index is 0.806. The Bertz CT molecular complexity index is 483. The first-order chi connectivity index (χ1) is 8.14. The summed E-state index contributed by atoms with van der Waals surface area (Å²) in [5.74, 6) is 0.806. The highest BCUT2D eigenvalue weighted by molar-refractivity contribution is 7.56. The lowest BCUT2D eigenvalue weighted by Crippen LogP contribution is -2.48. The van der Waals surface area contributed by atoms with E-state index in [0.29, 0.717) is 0 Å². The third-order valence-electron chi connectivity index (χ3n) is 2.59. The highest BCUT2D eigenvalue weighted by Gasteiger charge is 2.33. The van der Waals surface area contributed by atoms with Crippen molar-refractivity contribution in [2.75, 3.05) is 7.11 Å². The van der Waals surface area contributed by atoms with Crippen molar-refractivity contribution in [1.29, 1.82) is 0 Å². The van der Waals surface area contributed by atoms with Gasteiger partial charge in [-0.15, -0.1) is 22.2 Å². The molecule has 0 atom stereocenters. The molecule has 0 spiro atoms. The van der Waals surface area contributed by atoms with Crippen LogP contribution < -0.4 is 15.1 Å². The van der Waals surface area contributed by atoms with E-state index in [0.717, 1.165) is 16.1 Å². The van der Waals surface area contributed by atoms with Crippen LogP contribution >= 0.6 is 22.2 Å². The van der Waals surface area contributed by atoms with Crippen molar-refractivity contribution in [3.8, 4) is 5.75 Å². The molecule has 0 amide bonds. The van der Waals surface area contributed by atoms with Gasteiger partial charge in [-0.05, 0) is 22.5 Å². The van der Waals surface area contributed by atoms with Gasteiger partial charge in [0.05, 0.1) is 7.11 Å². The van der Waals surface area contributed by atoms with Crippen LogP contribution in [0.15, 0.2) is 54.6 Å². The van der Waals surface area contributed by atoms with E-state index >= 15 is 0 Å². The Morgan fingerprint density at radius 2 is 1.35 bits per heavy atom. The molecule has 0 unspecified atom stereocenters. The van der Waals surface area contributed by atoms with Crippen LogP contribution in [0.25, 0.3) is 0 Å². The zero-order valence-electron chi connectivity index (χ0n) is 9.36. The SMILES string of the molecule is COc1ccc([Si](Cl)(Cl)c2ccccc2)cc1. The molecule has 0 saturated carbocycles. The summed E-state index contributed by atoms with van der Waals surface area (Å²) in [6.07, 6.45) is 0. The number of hydrogen-bond donors (Lipinski definition) is 0. The van der Waals surface area contributed by atoms with E-state index in [1.54, 1.807) is 7.11 Å². The van der Waals surface area contributed by atoms with Crippen LogP contribution in [0.5, 0.6) is 5.75 Å². The number of halogens is 2. The lowest BCUT2D eigenvalue weighted by Gasteiger charge is -2.17. The molecule has 17 heavy (non-hydrogen) atoms. The Hall–Kier alpha value is -0.963. The first kappa shape index (κ1) is 12.5. The van der Waals surface area contributed by atoms with Gasteiger partial charge in [-0.3, -0.25) is 0 Å². The van der Waals surface area contributed by atoms with Crippen LogP contribution in [0.1, 0.15) is 0 Å². The zero-order valence-corrected chi connectivity index (χ0v) is 11.9. The van der Waals surface area contributed by atoms with E-state index in [1.807, 2.05) is 54.6 Å². The van der Waals surface area contributed by atoms with Gasteiger partial charge in [0.15, 0.2) is 0 Å². The van der Waals surface area contributed by atoms with Gasteiger partial charge in [0.25, 0.3) is 0 Å². The molecule has 1 nitrogen and oxygen atoms in total. The van der Waals surface area contributed by atoms with Crippen molar-refractivity contribution in [1.82, 2.24) is 0 Å². The molecule has 4 heteroatoms. The van der Waals surface area contributed by atoms with Crippen LogP contribution in [0, 0.1) is 0 Å². The van der Waals surface area contributed by atoms with E-state index < -0.39 is 6.69 Å². The van der Waals surface area contributed by atoms with Crippen molar-refractivity contribution in [3.05, 3.63) is 54.6 Å². The molecule has 0 radical (unpaired) electrons. The molecule has 0 heterocycles. The van der Waals surface area contributed by atoms with Gasteiger partial charge in [0.2, 0.25) is 0 Å². The minimum Gasteiger partial charge on any atom is -0.497 e. The Kier molecular flexibility index (Phi) is 3.77. The maximum absolute atomic E-state index is 6.55. The quantitative estimate of drug-likeness (QED) is 0.621. The van der Waals surface area contributed by atoms with Gasteiger partial charge >= 0.3 is 6.69 Å². The predicted molar refractivity (Wildman–Crippen MR) is 76.2 cm³/mol. The molecule has 88 valence electrons. The van der Waals surface area contributed by atoms with Crippen LogP contribution in [0.4, 0.5) is 0 Å². The average Bonchev–Trinajstić information content (AvgIpc) is 2.40. The first-order valence-corrected chi connectivity index (χ1v) is 9.25. The summed E-state index contributed by atoms with van der Waals surface area (Å²) in [4.78, 5) is 0. The van der Waals surface area contributed by atoms with Crippen LogP contribution in [0.2, 0.25) is 0 Å². The fourth-order valence-electron chi connectivity index (χ4n) is 1.61. The van der Waals surface area contributed by atoms with Crippen LogP contribution in [-0.2, 0) is 0 Å². The summed E-state index contributed by atoms with van der Waals surface area (Å²) in [6.45, 7) is -2.60. The predicted octanol–water partition coefficient (Wildman–Crippen LogP) is 2.73. The largest absolute Gasteiger partial charge is 0.497 e. The van der Waals surface area contributed by atoms with E-state index in [1.165, 1.54) is 0 Å². The monoisotopic (exact) mass is 282 g/mol. The Labute approximate surface area is 111 Å². The van der Waals surface area contributed by atoms with Gasteiger partial charge in [0, 0.05) is 0 Å². The standard InChI is InChI=1S/C13H12Cl2OSi/c1-16-11-7-9-13(10-8-11)17(14,15)12-5-3-2-4-6-12/h2-10H,1H3. The average molecular weight is 283 g/mol. The highest BCUT2D eigenvalue weighted by Crippen LogP contribution is 2.17. The van der Waals surface area contributed by atoms with E-state index in [9.17, 15) is 0 Å². The Morgan fingerprint density at radius 1 is 0.824 bits per heavy atom. The fraction of sp³-hybridized carbons (Fsp3) is 0.0769. The number of rotatable bonds is 3. The molecule has 0 aliphatic heterocycles. The summed E-state index contributed by atoms with van der Waals surface area (Å²) in [7, 11) is 1.64. The van der Waals surface area contributed by atoms with Gasteiger partial charge in [-0.25, -0.2) is 0 Å². The van der Waals surface area contributed by atoms with E-state index in [-0.39, 0.29) is 0 Å². The van der Waals surface area contributed by atoms with Gasteiger partial charge < -0.3 is 4.74 Å². The van der Waals surface area contributed by atoms with Crippen molar-refractivity contribution in [3.63, 3.8) is 0 Å². The third-order valence-corrected chi connectivity index (χ3v) is 7.32. The van der Waals surface area contributed by atoms with Crippen molar-refractivity contribution >= 4 is 39.2 Å². The number of ether oxygens (including phenoxy) is 1. The normalized spacial score (nSPS) is 11.2. The maximum atomic E-state index is 6.55. The summed E-state index contributed by atoms with van der Waals surface area (Å²) in [6, 6.07) is 17.4. The number of benzene rings is 2. The lowest BCUT2D eigenvalue weighted by atomic mass is 10.3. The third kappa shape index (κ3) is 2.65. The first-order valence-electron chi connectivity index (χ1n) is 5.22. The van der Waals surface area contributed by atoms with Gasteiger partial charge in [-0.2, -0.15) is 0 Å². The summed E-state index contributed by atoms with van der Waals surface area (Å²) < 4.78 is 5.12. The molecule has 0 bridgehead atoms. The lowest BCUT2D eigenvalue weighted by molar-refractivity contribution is 0.415. The van der Waals surface area contributed by atoms with Crippen molar-refractivity contribution < 1.29 is 4.74 Å². The number of hydrogen-bond acceptors (Lipinski definition) is 1. The van der Waals surface area contributed by atoms with E-state index in [2.05, 4.69) is 0 Å². The molecule has 0 aliphatic carbocycles. The summed E-state index contributed by atoms with van der Waals surface area (Å²) in [5.41, 5.74) is 0. The van der Waals surface area contributed by atoms with Gasteiger partial charge in [-0.1, -0.05) is 42.5 Å². The van der Waals surface area contributed by atoms with Crippen molar-refractivity contribution in [2.24, 2.45) is 0 Å². The Balaban J connectivity index is 2.37. The second kappa shape index (κ2) is 5.13. The van der Waals surface area contributed by atoms with E-state index in [4.69, 9.17) is 26.9 Å². The smallest absolute Gasteiger partial charge is 0.310 e. The topological polar surface area (TPSA) is 9.23 Å². The molecule has 0 saturated heterocycles. The van der Waals surface area contributed by atoms with Crippen LogP contribution in [-0.4, -0.2) is 13.8 Å². The molecule has 0 fully saturated rings. The fourth-order valence-corrected chi connectivity index (χ4v) is 4.66. The zero-order chi connectivity index (χ0) is 12.3. The molecule has 0 N–H and O–H groups in total. The second-order valence-electron chi connectivity index (χ2n) is 3.67. The molecule has 2 aromatic rings. The maximum Gasteiger partial charge on any atom is 0.310 e. The van der Waals surface area contributed by atoms with Gasteiger partial charge in [0.1, 0.15) is 5.75 Å². The molecule has 2 rings (SSSR count). The molecule has 0 aliphatic rings. The summed E-state index contributed by atoms with van der Waals surface area (Å²) >= 11 is 13.1.